The highest BCUT2D eigenvalue weighted by molar-refractivity contribution is 5.63. The van der Waals surface area contributed by atoms with Gasteiger partial charge in [-0.25, -0.2) is 0 Å². The predicted molar refractivity (Wildman–Crippen MR) is 112 cm³/mol. The fourth-order valence-corrected chi connectivity index (χ4v) is 2.96. The highest BCUT2D eigenvalue weighted by atomic mass is 16.5. The molecule has 0 unspecified atom stereocenters. The first kappa shape index (κ1) is 19.6. The van der Waals surface area contributed by atoms with Crippen LogP contribution in [0.15, 0.2) is 60.9 Å². The third-order valence-electron chi connectivity index (χ3n) is 4.63. The normalized spacial score (nSPS) is 10.4. The Labute approximate surface area is 166 Å². The zero-order valence-electron chi connectivity index (χ0n) is 16.3. The molecule has 142 valence electrons. The number of unbranched alkanes of at least 4 members (excludes halogenated alkanes) is 4. The first-order chi connectivity index (χ1) is 13.8. The lowest BCUT2D eigenvalue weighted by molar-refractivity contribution is 0.304. The van der Waals surface area contributed by atoms with Gasteiger partial charge in [0, 0.05) is 11.1 Å². The summed E-state index contributed by atoms with van der Waals surface area (Å²) in [5.41, 5.74) is 4.20. The van der Waals surface area contributed by atoms with Crippen molar-refractivity contribution in [2.75, 3.05) is 6.61 Å². The first-order valence-electron chi connectivity index (χ1n) is 9.86. The molecule has 0 aliphatic carbocycles. The summed E-state index contributed by atoms with van der Waals surface area (Å²) in [6.45, 7) is 2.99. The Bertz CT molecular complexity index is 895. The maximum atomic E-state index is 8.89. The molecule has 0 spiro atoms. The van der Waals surface area contributed by atoms with E-state index >= 15 is 0 Å². The second kappa shape index (κ2) is 10.2. The van der Waals surface area contributed by atoms with E-state index in [-0.39, 0.29) is 0 Å². The summed E-state index contributed by atoms with van der Waals surface area (Å²) in [6.07, 6.45) is 9.72. The minimum atomic E-state index is 0.636. The molecule has 2 aromatic carbocycles. The maximum absolute atomic E-state index is 8.89. The summed E-state index contributed by atoms with van der Waals surface area (Å²) >= 11 is 0. The monoisotopic (exact) mass is 371 g/mol. The largest absolute Gasteiger partial charge is 0.494 e. The highest BCUT2D eigenvalue weighted by Crippen LogP contribution is 2.23. The summed E-state index contributed by atoms with van der Waals surface area (Å²) in [5, 5.41) is 8.89. The van der Waals surface area contributed by atoms with Gasteiger partial charge in [0.25, 0.3) is 0 Å². The fraction of sp³-hybridized carbons (Fsp3) is 0.292. The van der Waals surface area contributed by atoms with Gasteiger partial charge in [0.2, 0.25) is 0 Å². The molecule has 0 bridgehead atoms. The van der Waals surface area contributed by atoms with Gasteiger partial charge in [-0.15, -0.1) is 0 Å². The lowest BCUT2D eigenvalue weighted by Gasteiger charge is -2.07. The quantitative estimate of drug-likeness (QED) is 0.431. The molecule has 0 aliphatic heterocycles. The summed E-state index contributed by atoms with van der Waals surface area (Å²) in [4.78, 5) is 9.04. The zero-order chi connectivity index (χ0) is 19.6. The number of hydrogen-bond acceptors (Lipinski definition) is 4. The molecule has 28 heavy (non-hydrogen) atoms. The molecule has 0 aliphatic rings. The van der Waals surface area contributed by atoms with Gasteiger partial charge in [0.05, 0.1) is 42.0 Å². The molecule has 3 rings (SSSR count). The Morgan fingerprint density at radius 3 is 1.89 bits per heavy atom. The molecule has 1 heterocycles. The van der Waals surface area contributed by atoms with Crippen molar-refractivity contribution in [3.8, 4) is 34.3 Å². The first-order valence-corrected chi connectivity index (χ1v) is 9.86. The maximum Gasteiger partial charge on any atom is 0.119 e. The van der Waals surface area contributed by atoms with E-state index in [2.05, 4.69) is 23.0 Å². The van der Waals surface area contributed by atoms with Crippen molar-refractivity contribution in [3.63, 3.8) is 0 Å². The molecule has 0 amide bonds. The number of ether oxygens (including phenoxy) is 1. The SMILES string of the molecule is CCCCCCCOc1ccc(-c2cnc(-c3ccc(C#N)cc3)cn2)cc1. The van der Waals surface area contributed by atoms with E-state index in [0.29, 0.717) is 5.56 Å². The molecule has 4 nitrogen and oxygen atoms in total. The zero-order valence-corrected chi connectivity index (χ0v) is 16.3. The second-order valence-corrected chi connectivity index (χ2v) is 6.76. The van der Waals surface area contributed by atoms with E-state index in [1.807, 2.05) is 36.4 Å². The molecular formula is C24H25N3O. The second-order valence-electron chi connectivity index (χ2n) is 6.76. The van der Waals surface area contributed by atoms with Crippen LogP contribution in [0.2, 0.25) is 0 Å². The van der Waals surface area contributed by atoms with Gasteiger partial charge < -0.3 is 4.74 Å². The molecule has 0 N–H and O–H groups in total. The molecule has 0 saturated heterocycles. The number of hydrogen-bond donors (Lipinski definition) is 0. The Morgan fingerprint density at radius 1 is 0.786 bits per heavy atom. The average molecular weight is 371 g/mol. The van der Waals surface area contributed by atoms with Crippen molar-refractivity contribution >= 4 is 0 Å². The van der Waals surface area contributed by atoms with Crippen molar-refractivity contribution in [2.45, 2.75) is 39.0 Å². The van der Waals surface area contributed by atoms with Gasteiger partial charge in [0.15, 0.2) is 0 Å². The van der Waals surface area contributed by atoms with E-state index in [1.165, 1.54) is 25.7 Å². The molecule has 4 heteroatoms. The number of rotatable bonds is 9. The van der Waals surface area contributed by atoms with Crippen LogP contribution < -0.4 is 4.74 Å². The van der Waals surface area contributed by atoms with E-state index < -0.39 is 0 Å². The summed E-state index contributed by atoms with van der Waals surface area (Å²) in [6, 6.07) is 17.5. The van der Waals surface area contributed by atoms with Crippen LogP contribution >= 0.6 is 0 Å². The van der Waals surface area contributed by atoms with Crippen LogP contribution in [0.1, 0.15) is 44.6 Å². The summed E-state index contributed by atoms with van der Waals surface area (Å²) in [7, 11) is 0. The van der Waals surface area contributed by atoms with Gasteiger partial charge in [0.1, 0.15) is 5.75 Å². The van der Waals surface area contributed by atoms with E-state index in [0.717, 1.165) is 41.3 Å². The van der Waals surface area contributed by atoms with Crippen LogP contribution in [0, 0.1) is 11.3 Å². The number of benzene rings is 2. The van der Waals surface area contributed by atoms with Gasteiger partial charge in [-0.2, -0.15) is 5.26 Å². The van der Waals surface area contributed by atoms with Crippen LogP contribution in [-0.2, 0) is 0 Å². The predicted octanol–water partition coefficient (Wildman–Crippen LogP) is 6.03. The van der Waals surface area contributed by atoms with Crippen LogP contribution in [0.3, 0.4) is 0 Å². The Morgan fingerprint density at radius 2 is 1.36 bits per heavy atom. The Kier molecular flexibility index (Phi) is 7.14. The number of aromatic nitrogens is 2. The lowest BCUT2D eigenvalue weighted by atomic mass is 10.1. The Hall–Kier alpha value is -3.19. The highest BCUT2D eigenvalue weighted by Gasteiger charge is 2.04. The topological polar surface area (TPSA) is 58.8 Å². The fourth-order valence-electron chi connectivity index (χ4n) is 2.96. The van der Waals surface area contributed by atoms with Crippen LogP contribution in [0.5, 0.6) is 5.75 Å². The smallest absolute Gasteiger partial charge is 0.119 e. The van der Waals surface area contributed by atoms with Crippen molar-refractivity contribution in [3.05, 3.63) is 66.5 Å². The van der Waals surface area contributed by atoms with Crippen molar-refractivity contribution in [1.82, 2.24) is 9.97 Å². The molecule has 0 fully saturated rings. The van der Waals surface area contributed by atoms with Crippen LogP contribution in [-0.4, -0.2) is 16.6 Å². The molecule has 0 saturated carbocycles. The molecule has 1 aromatic heterocycles. The van der Waals surface area contributed by atoms with E-state index in [1.54, 1.807) is 24.5 Å². The Balaban J connectivity index is 1.57. The van der Waals surface area contributed by atoms with Crippen molar-refractivity contribution in [1.29, 1.82) is 5.26 Å². The summed E-state index contributed by atoms with van der Waals surface area (Å²) < 4.78 is 5.81. The molecule has 0 atom stereocenters. The molecule has 0 radical (unpaired) electrons. The van der Waals surface area contributed by atoms with Gasteiger partial charge >= 0.3 is 0 Å². The summed E-state index contributed by atoms with van der Waals surface area (Å²) in [5.74, 6) is 0.890. The third kappa shape index (κ3) is 5.40. The van der Waals surface area contributed by atoms with Crippen molar-refractivity contribution in [2.24, 2.45) is 0 Å². The lowest BCUT2D eigenvalue weighted by Crippen LogP contribution is -1.97. The van der Waals surface area contributed by atoms with E-state index in [4.69, 9.17) is 10.00 Å². The van der Waals surface area contributed by atoms with Crippen LogP contribution in [0.25, 0.3) is 22.5 Å². The van der Waals surface area contributed by atoms with Gasteiger partial charge in [-0.1, -0.05) is 44.7 Å². The average Bonchev–Trinajstić information content (AvgIpc) is 2.77. The van der Waals surface area contributed by atoms with E-state index in [9.17, 15) is 0 Å². The van der Waals surface area contributed by atoms with Crippen LogP contribution in [0.4, 0.5) is 0 Å². The minimum absolute atomic E-state index is 0.636. The third-order valence-corrected chi connectivity index (χ3v) is 4.63. The number of nitrogens with zero attached hydrogens (tertiary/aromatic N) is 3. The standard InChI is InChI=1S/C24H25N3O/c1-2-3-4-5-6-15-28-22-13-11-21(12-14-22)24-18-26-23(17-27-24)20-9-7-19(16-25)8-10-20/h7-14,17-18H,2-6,15H2,1H3. The van der Waals surface area contributed by atoms with Crippen molar-refractivity contribution < 1.29 is 4.74 Å². The minimum Gasteiger partial charge on any atom is -0.494 e. The van der Waals surface area contributed by atoms with Gasteiger partial charge in [-0.05, 0) is 42.8 Å². The molecule has 3 aromatic rings. The molecular weight excluding hydrogens is 346 g/mol. The number of nitriles is 1. The van der Waals surface area contributed by atoms with Gasteiger partial charge in [-0.3, -0.25) is 9.97 Å².